The van der Waals surface area contributed by atoms with E-state index in [1.54, 1.807) is 10.3 Å². The van der Waals surface area contributed by atoms with Crippen LogP contribution in [0, 0.1) is 0 Å². The summed E-state index contributed by atoms with van der Waals surface area (Å²) < 4.78 is 37.3. The molecule has 9 heteroatoms. The van der Waals surface area contributed by atoms with Gasteiger partial charge >= 0.3 is 0 Å². The van der Waals surface area contributed by atoms with E-state index >= 15 is 0 Å². The molecule has 7 nitrogen and oxygen atoms in total. The molecule has 1 amide bonds. The van der Waals surface area contributed by atoms with Gasteiger partial charge in [-0.3, -0.25) is 4.79 Å². The summed E-state index contributed by atoms with van der Waals surface area (Å²) in [6.07, 6.45) is 0. The monoisotopic (exact) mass is 346 g/mol. The molecule has 0 saturated carbocycles. The zero-order valence-electron chi connectivity index (χ0n) is 12.1. The number of sulfonamides is 1. The van der Waals surface area contributed by atoms with Crippen LogP contribution in [0.5, 0.6) is 0 Å². The van der Waals surface area contributed by atoms with E-state index in [2.05, 4.69) is 0 Å². The smallest absolute Gasteiger partial charge is 0.265 e. The number of nitrogens with zero attached hydrogens (tertiary/aromatic N) is 2. The van der Waals surface area contributed by atoms with E-state index in [4.69, 9.17) is 9.47 Å². The van der Waals surface area contributed by atoms with E-state index in [-0.39, 0.29) is 15.7 Å². The maximum atomic E-state index is 12.7. The normalized spacial score (nSPS) is 21.0. The van der Waals surface area contributed by atoms with Gasteiger partial charge < -0.3 is 14.4 Å². The Balaban J connectivity index is 1.86. The molecule has 2 aliphatic rings. The molecule has 1 aromatic rings. The van der Waals surface area contributed by atoms with Crippen LogP contribution in [-0.2, 0) is 19.5 Å². The summed E-state index contributed by atoms with van der Waals surface area (Å²) >= 11 is 1.17. The van der Waals surface area contributed by atoms with Gasteiger partial charge in [0.05, 0.1) is 26.4 Å². The highest BCUT2D eigenvalue weighted by atomic mass is 32.2. The lowest BCUT2D eigenvalue weighted by Gasteiger charge is -2.28. The van der Waals surface area contributed by atoms with Crippen molar-refractivity contribution in [3.8, 4) is 0 Å². The van der Waals surface area contributed by atoms with E-state index in [0.29, 0.717) is 52.6 Å². The second-order valence-electron chi connectivity index (χ2n) is 5.04. The Morgan fingerprint density at radius 3 is 2.27 bits per heavy atom. The first-order chi connectivity index (χ1) is 10.6. The second kappa shape index (κ2) is 6.63. The molecule has 3 heterocycles. The summed E-state index contributed by atoms with van der Waals surface area (Å²) in [6, 6.07) is 1.52. The Bertz CT molecular complexity index is 631. The molecule has 0 unspecified atom stereocenters. The van der Waals surface area contributed by atoms with Crippen LogP contribution in [0.3, 0.4) is 0 Å². The fourth-order valence-electron chi connectivity index (χ4n) is 2.49. The fourth-order valence-corrected chi connectivity index (χ4v) is 5.26. The lowest BCUT2D eigenvalue weighted by molar-refractivity contribution is 0.0303. The lowest BCUT2D eigenvalue weighted by atomic mass is 10.3. The Kier molecular flexibility index (Phi) is 4.79. The van der Waals surface area contributed by atoms with Crippen LogP contribution in [0.25, 0.3) is 0 Å². The number of amides is 1. The number of thiophene rings is 1. The van der Waals surface area contributed by atoms with Crippen LogP contribution in [0.1, 0.15) is 9.67 Å². The van der Waals surface area contributed by atoms with Gasteiger partial charge in [-0.1, -0.05) is 0 Å². The largest absolute Gasteiger partial charge is 0.379 e. The van der Waals surface area contributed by atoms with E-state index in [1.165, 1.54) is 21.7 Å². The first-order valence-corrected chi connectivity index (χ1v) is 9.45. The number of carbonyl (C=O) groups excluding carboxylic acids is 1. The minimum Gasteiger partial charge on any atom is -0.379 e. The molecule has 122 valence electrons. The highest BCUT2D eigenvalue weighted by Gasteiger charge is 2.32. The third kappa shape index (κ3) is 3.04. The van der Waals surface area contributed by atoms with E-state index < -0.39 is 10.0 Å². The molecule has 0 spiro atoms. The first kappa shape index (κ1) is 15.9. The molecule has 0 atom stereocenters. The zero-order chi connectivity index (χ0) is 15.6. The SMILES string of the molecule is O=C(c1sccc1S(=O)(=O)N1CCOCC1)N1CCOCC1. The van der Waals surface area contributed by atoms with Crippen molar-refractivity contribution in [1.82, 2.24) is 9.21 Å². The Hall–Kier alpha value is -1.00. The molecule has 3 rings (SSSR count). The summed E-state index contributed by atoms with van der Waals surface area (Å²) in [5, 5.41) is 1.65. The third-order valence-electron chi connectivity index (χ3n) is 3.71. The van der Waals surface area contributed by atoms with Crippen molar-refractivity contribution >= 4 is 27.3 Å². The van der Waals surface area contributed by atoms with Crippen molar-refractivity contribution in [3.63, 3.8) is 0 Å². The zero-order valence-corrected chi connectivity index (χ0v) is 13.7. The Morgan fingerprint density at radius 1 is 1.05 bits per heavy atom. The number of carbonyl (C=O) groups is 1. The molecular weight excluding hydrogens is 328 g/mol. The van der Waals surface area contributed by atoms with Crippen molar-refractivity contribution in [2.75, 3.05) is 52.6 Å². The number of hydrogen-bond donors (Lipinski definition) is 0. The molecule has 1 aromatic heterocycles. The van der Waals surface area contributed by atoms with Crippen LogP contribution in [-0.4, -0.2) is 76.1 Å². The van der Waals surface area contributed by atoms with Crippen molar-refractivity contribution < 1.29 is 22.7 Å². The van der Waals surface area contributed by atoms with Crippen LogP contribution >= 0.6 is 11.3 Å². The van der Waals surface area contributed by atoms with E-state index in [9.17, 15) is 13.2 Å². The summed E-state index contributed by atoms with van der Waals surface area (Å²) in [4.78, 5) is 14.6. The summed E-state index contributed by atoms with van der Waals surface area (Å²) in [5.41, 5.74) is 0. The van der Waals surface area contributed by atoms with Gasteiger partial charge in [0, 0.05) is 26.2 Å². The molecule has 2 aliphatic heterocycles. The summed E-state index contributed by atoms with van der Waals surface area (Å²) in [5.74, 6) is -0.231. The Morgan fingerprint density at radius 2 is 1.64 bits per heavy atom. The van der Waals surface area contributed by atoms with Crippen LogP contribution in [0.15, 0.2) is 16.3 Å². The first-order valence-electron chi connectivity index (χ1n) is 7.13. The standard InChI is InChI=1S/C13H18N2O5S2/c16-13(14-2-6-19-7-3-14)12-11(1-10-21-12)22(17,18)15-4-8-20-9-5-15/h1,10H,2-9H2. The molecule has 0 N–H and O–H groups in total. The van der Waals surface area contributed by atoms with E-state index in [0.717, 1.165) is 0 Å². The highest BCUT2D eigenvalue weighted by molar-refractivity contribution is 7.89. The minimum absolute atomic E-state index is 0.107. The van der Waals surface area contributed by atoms with Crippen molar-refractivity contribution in [3.05, 3.63) is 16.3 Å². The molecular formula is C13H18N2O5S2. The second-order valence-corrected chi connectivity index (χ2v) is 7.86. The van der Waals surface area contributed by atoms with Gasteiger partial charge in [0.15, 0.2) is 0 Å². The third-order valence-corrected chi connectivity index (χ3v) is 6.68. The molecule has 0 aromatic carbocycles. The van der Waals surface area contributed by atoms with Gasteiger partial charge in [-0.2, -0.15) is 4.31 Å². The highest BCUT2D eigenvalue weighted by Crippen LogP contribution is 2.27. The maximum absolute atomic E-state index is 12.7. The van der Waals surface area contributed by atoms with Gasteiger partial charge in [0.2, 0.25) is 10.0 Å². The van der Waals surface area contributed by atoms with Crippen molar-refractivity contribution in [2.24, 2.45) is 0 Å². The number of rotatable bonds is 3. The molecule has 0 bridgehead atoms. The fraction of sp³-hybridized carbons (Fsp3) is 0.615. The van der Waals surface area contributed by atoms with Crippen LogP contribution in [0.2, 0.25) is 0 Å². The van der Waals surface area contributed by atoms with Crippen LogP contribution in [0.4, 0.5) is 0 Å². The predicted octanol–water partition coefficient (Wildman–Crippen LogP) is 0.241. The summed E-state index contributed by atoms with van der Waals surface area (Å²) in [6.45, 7) is 3.38. The summed E-state index contributed by atoms with van der Waals surface area (Å²) in [7, 11) is -3.65. The van der Waals surface area contributed by atoms with E-state index in [1.807, 2.05) is 0 Å². The topological polar surface area (TPSA) is 76.2 Å². The molecule has 0 aliphatic carbocycles. The minimum atomic E-state index is -3.65. The Labute approximate surface area is 133 Å². The van der Waals surface area contributed by atoms with Gasteiger partial charge in [-0.25, -0.2) is 8.42 Å². The van der Waals surface area contributed by atoms with Gasteiger partial charge in [-0.05, 0) is 11.4 Å². The number of hydrogen-bond acceptors (Lipinski definition) is 6. The van der Waals surface area contributed by atoms with Crippen molar-refractivity contribution in [2.45, 2.75) is 4.90 Å². The maximum Gasteiger partial charge on any atom is 0.265 e. The van der Waals surface area contributed by atoms with Gasteiger partial charge in [0.25, 0.3) is 5.91 Å². The lowest BCUT2D eigenvalue weighted by Crippen LogP contribution is -2.43. The average molecular weight is 346 g/mol. The molecule has 2 fully saturated rings. The average Bonchev–Trinajstić information content (AvgIpc) is 3.06. The number of morpholine rings is 2. The molecule has 22 heavy (non-hydrogen) atoms. The number of ether oxygens (including phenoxy) is 2. The van der Waals surface area contributed by atoms with Crippen LogP contribution < -0.4 is 0 Å². The van der Waals surface area contributed by atoms with Crippen molar-refractivity contribution in [1.29, 1.82) is 0 Å². The molecule has 0 radical (unpaired) electrons. The quantitative estimate of drug-likeness (QED) is 0.784. The van der Waals surface area contributed by atoms with Gasteiger partial charge in [-0.15, -0.1) is 11.3 Å². The predicted molar refractivity (Wildman–Crippen MR) is 80.6 cm³/mol. The van der Waals surface area contributed by atoms with Gasteiger partial charge in [0.1, 0.15) is 9.77 Å². The molecule has 2 saturated heterocycles.